The number of ether oxygens (including phenoxy) is 2. The first-order valence-corrected chi connectivity index (χ1v) is 6.83. The van der Waals surface area contributed by atoms with Crippen molar-refractivity contribution in [1.82, 2.24) is 20.6 Å². The Morgan fingerprint density at radius 2 is 1.25 bits per heavy atom. The molecule has 2 atom stereocenters. The van der Waals surface area contributed by atoms with E-state index in [1.807, 2.05) is 0 Å². The Kier molecular flexibility index (Phi) is 4.17. The maximum Gasteiger partial charge on any atom is 0.478 e. The molecule has 0 radical (unpaired) electrons. The van der Waals surface area contributed by atoms with Crippen molar-refractivity contribution in [3.63, 3.8) is 0 Å². The van der Waals surface area contributed by atoms with E-state index >= 15 is 0 Å². The number of hydrogen-bond acceptors (Lipinski definition) is 12. The van der Waals surface area contributed by atoms with E-state index in [0.717, 1.165) is 12.8 Å². The lowest BCUT2D eigenvalue weighted by Crippen LogP contribution is -2.39. The molecule has 2 aromatic rings. The Hall–Kier alpha value is -3.32. The van der Waals surface area contributed by atoms with Gasteiger partial charge in [0.2, 0.25) is 0 Å². The molecule has 2 heterocycles. The number of hydrogen-bond donors (Lipinski definition) is 0. The molecule has 2 aromatic heterocycles. The zero-order chi connectivity index (χ0) is 17.1. The van der Waals surface area contributed by atoms with E-state index in [0.29, 0.717) is 12.8 Å². The lowest BCUT2D eigenvalue weighted by molar-refractivity contribution is -0.392. The van der Waals surface area contributed by atoms with Crippen molar-refractivity contribution in [3.8, 4) is 11.8 Å². The Morgan fingerprint density at radius 1 is 0.833 bits per heavy atom. The number of aromatic nitrogens is 4. The van der Waals surface area contributed by atoms with Gasteiger partial charge in [-0.25, -0.2) is 0 Å². The molecule has 1 saturated carbocycles. The van der Waals surface area contributed by atoms with Crippen LogP contribution in [-0.4, -0.2) is 42.7 Å². The van der Waals surface area contributed by atoms with Gasteiger partial charge < -0.3 is 29.7 Å². The zero-order valence-corrected chi connectivity index (χ0v) is 11.9. The van der Waals surface area contributed by atoms with Crippen LogP contribution in [0, 0.1) is 20.2 Å². The fourth-order valence-corrected chi connectivity index (χ4v) is 2.34. The lowest BCUT2D eigenvalue weighted by Gasteiger charge is -2.29. The van der Waals surface area contributed by atoms with E-state index in [4.69, 9.17) is 9.47 Å². The van der Waals surface area contributed by atoms with Gasteiger partial charge in [0.05, 0.1) is 0 Å². The molecule has 128 valence electrons. The summed E-state index contributed by atoms with van der Waals surface area (Å²) in [7, 11) is 0. The van der Waals surface area contributed by atoms with Crippen LogP contribution in [0.4, 0.5) is 11.6 Å². The van der Waals surface area contributed by atoms with Gasteiger partial charge in [-0.1, -0.05) is 0 Å². The first-order chi connectivity index (χ1) is 11.6. The third-order valence-electron chi connectivity index (χ3n) is 3.40. The molecule has 14 nitrogen and oxygen atoms in total. The second kappa shape index (κ2) is 6.43. The van der Waals surface area contributed by atoms with Gasteiger partial charge in [0.25, 0.3) is 0 Å². The molecule has 1 aliphatic rings. The summed E-state index contributed by atoms with van der Waals surface area (Å²) in [5.74, 6) is -2.08. The van der Waals surface area contributed by atoms with Crippen LogP contribution in [0.1, 0.15) is 25.7 Å². The highest BCUT2D eigenvalue weighted by Crippen LogP contribution is 2.31. The average Bonchev–Trinajstić information content (AvgIpc) is 3.18. The summed E-state index contributed by atoms with van der Waals surface area (Å²) in [5, 5.41) is 34.6. The molecular weight excluding hydrogens is 332 g/mol. The summed E-state index contributed by atoms with van der Waals surface area (Å²) < 4.78 is 19.5. The minimum Gasteiger partial charge on any atom is -0.462 e. The van der Waals surface area contributed by atoms with Crippen LogP contribution in [0.5, 0.6) is 11.8 Å². The molecule has 14 heteroatoms. The molecule has 1 fully saturated rings. The average molecular weight is 342 g/mol. The second-order valence-electron chi connectivity index (χ2n) is 4.90. The summed E-state index contributed by atoms with van der Waals surface area (Å²) >= 11 is 0. The molecule has 0 N–H and O–H groups in total. The van der Waals surface area contributed by atoms with Crippen molar-refractivity contribution < 1.29 is 28.6 Å². The molecule has 0 saturated heterocycles. The molecule has 0 bridgehead atoms. The molecule has 2 unspecified atom stereocenters. The first-order valence-electron chi connectivity index (χ1n) is 6.83. The topological polar surface area (TPSA) is 183 Å². The lowest BCUT2D eigenvalue weighted by atomic mass is 9.94. The summed E-state index contributed by atoms with van der Waals surface area (Å²) in [6.45, 7) is 0. The van der Waals surface area contributed by atoms with E-state index in [1.165, 1.54) is 0 Å². The summed E-state index contributed by atoms with van der Waals surface area (Å²) in [5.41, 5.74) is 0. The van der Waals surface area contributed by atoms with Crippen LogP contribution in [0.15, 0.2) is 9.26 Å². The van der Waals surface area contributed by atoms with Gasteiger partial charge in [0, 0.05) is 10.3 Å². The van der Waals surface area contributed by atoms with Crippen LogP contribution in [-0.2, 0) is 0 Å². The van der Waals surface area contributed by atoms with Crippen LogP contribution in [0.2, 0.25) is 0 Å². The number of nitro groups is 2. The Bertz CT molecular complexity index is 681. The van der Waals surface area contributed by atoms with Crippen LogP contribution in [0.3, 0.4) is 0 Å². The van der Waals surface area contributed by atoms with Gasteiger partial charge in [0.1, 0.15) is 12.2 Å². The Morgan fingerprint density at radius 3 is 1.62 bits per heavy atom. The van der Waals surface area contributed by atoms with Crippen molar-refractivity contribution in [2.75, 3.05) is 0 Å². The standard InChI is InChI=1S/C10H10N6O8/c17-15(18)7-9(13-23-11-7)21-5-3-1-2-4-6(5)22-10-8(16(19)20)12-24-14-10/h5-6H,1-4H2. The third kappa shape index (κ3) is 3.06. The SMILES string of the molecule is O=[N+]([O-])c1nonc1OC1CCCCC1Oc1nonc1[N+](=O)[O-]. The third-order valence-corrected chi connectivity index (χ3v) is 3.40. The second-order valence-corrected chi connectivity index (χ2v) is 4.90. The van der Waals surface area contributed by atoms with Crippen molar-refractivity contribution in [3.05, 3.63) is 20.2 Å². The quantitative estimate of drug-likeness (QED) is 0.537. The minimum atomic E-state index is -0.795. The molecule has 1 aliphatic carbocycles. The van der Waals surface area contributed by atoms with E-state index in [-0.39, 0.29) is 11.8 Å². The minimum absolute atomic E-state index is 0.381. The largest absolute Gasteiger partial charge is 0.478 e. The summed E-state index contributed by atoms with van der Waals surface area (Å²) in [6.07, 6.45) is 1.24. The van der Waals surface area contributed by atoms with Gasteiger partial charge >= 0.3 is 23.4 Å². The molecule has 0 aromatic carbocycles. The Labute approximate surface area is 131 Å². The first kappa shape index (κ1) is 15.6. The molecule has 3 rings (SSSR count). The van der Waals surface area contributed by atoms with E-state index < -0.39 is 33.7 Å². The fourth-order valence-electron chi connectivity index (χ4n) is 2.34. The van der Waals surface area contributed by atoms with Gasteiger partial charge in [-0.05, 0) is 35.5 Å². The van der Waals surface area contributed by atoms with Gasteiger partial charge in [-0.2, -0.15) is 0 Å². The van der Waals surface area contributed by atoms with Crippen molar-refractivity contribution >= 4 is 11.6 Å². The molecule has 24 heavy (non-hydrogen) atoms. The number of nitrogens with zero attached hydrogens (tertiary/aromatic N) is 6. The normalized spacial score (nSPS) is 20.5. The van der Waals surface area contributed by atoms with E-state index in [9.17, 15) is 20.2 Å². The highest BCUT2D eigenvalue weighted by atomic mass is 16.7. The predicted molar refractivity (Wildman–Crippen MR) is 69.2 cm³/mol. The van der Waals surface area contributed by atoms with Gasteiger partial charge in [-0.3, -0.25) is 0 Å². The number of rotatable bonds is 6. The highest BCUT2D eigenvalue weighted by Gasteiger charge is 2.36. The molecule has 0 amide bonds. The molecular formula is C10H10N6O8. The predicted octanol–water partition coefficient (Wildman–Crippen LogP) is 1.04. The smallest absolute Gasteiger partial charge is 0.462 e. The summed E-state index contributed by atoms with van der Waals surface area (Å²) in [6, 6.07) is 0. The van der Waals surface area contributed by atoms with Crippen LogP contribution >= 0.6 is 0 Å². The van der Waals surface area contributed by atoms with Crippen molar-refractivity contribution in [2.24, 2.45) is 0 Å². The monoisotopic (exact) mass is 342 g/mol. The van der Waals surface area contributed by atoms with Crippen molar-refractivity contribution in [1.29, 1.82) is 0 Å². The zero-order valence-electron chi connectivity index (χ0n) is 11.9. The molecule has 0 spiro atoms. The maximum atomic E-state index is 10.8. The van der Waals surface area contributed by atoms with E-state index in [2.05, 4.69) is 29.9 Å². The van der Waals surface area contributed by atoms with Crippen LogP contribution < -0.4 is 9.47 Å². The highest BCUT2D eigenvalue weighted by molar-refractivity contribution is 5.30. The Balaban J connectivity index is 1.76. The fraction of sp³-hybridized carbons (Fsp3) is 0.600. The van der Waals surface area contributed by atoms with Crippen molar-refractivity contribution in [2.45, 2.75) is 37.9 Å². The summed E-state index contributed by atoms with van der Waals surface area (Å²) in [4.78, 5) is 20.0. The molecule has 0 aliphatic heterocycles. The van der Waals surface area contributed by atoms with E-state index in [1.54, 1.807) is 0 Å². The van der Waals surface area contributed by atoms with Crippen LogP contribution in [0.25, 0.3) is 0 Å². The van der Waals surface area contributed by atoms with Gasteiger partial charge in [-0.15, -0.1) is 9.26 Å². The maximum absolute atomic E-state index is 10.8. The van der Waals surface area contributed by atoms with Gasteiger partial charge in [0.15, 0.2) is 10.3 Å².